The molecule has 0 aliphatic rings. The zero-order chi connectivity index (χ0) is 17.1. The number of carbonyl (C=O) groups excluding carboxylic acids is 1. The van der Waals surface area contributed by atoms with Crippen LogP contribution >= 0.6 is 0 Å². The third kappa shape index (κ3) is 3.17. The highest BCUT2D eigenvalue weighted by Gasteiger charge is 2.15. The lowest BCUT2D eigenvalue weighted by molar-refractivity contribution is 0.101. The van der Waals surface area contributed by atoms with E-state index in [1.165, 1.54) is 0 Å². The van der Waals surface area contributed by atoms with E-state index in [2.05, 4.69) is 28.1 Å². The second kappa shape index (κ2) is 6.65. The minimum atomic E-state index is -0.0988. The van der Waals surface area contributed by atoms with Crippen LogP contribution in [0, 0.1) is 0 Å². The smallest absolute Gasteiger partial charge is 0.272 e. The van der Waals surface area contributed by atoms with Crippen molar-refractivity contribution in [3.05, 3.63) is 102 Å². The summed E-state index contributed by atoms with van der Waals surface area (Å²) in [5, 5.41) is 4.05. The van der Waals surface area contributed by atoms with Crippen molar-refractivity contribution in [1.29, 1.82) is 0 Å². The van der Waals surface area contributed by atoms with Gasteiger partial charge in [-0.1, -0.05) is 66.7 Å². The second-order valence-electron chi connectivity index (χ2n) is 5.98. The van der Waals surface area contributed by atoms with E-state index >= 15 is 0 Å². The van der Waals surface area contributed by atoms with Gasteiger partial charge in [0.25, 0.3) is 5.91 Å². The van der Waals surface area contributed by atoms with Crippen LogP contribution in [0.15, 0.2) is 91.0 Å². The van der Waals surface area contributed by atoms with Crippen molar-refractivity contribution in [2.45, 2.75) is 6.54 Å². The van der Waals surface area contributed by atoms with E-state index in [-0.39, 0.29) is 5.91 Å². The van der Waals surface area contributed by atoms with Crippen LogP contribution in [0.4, 0.5) is 5.69 Å². The zero-order valence-electron chi connectivity index (χ0n) is 13.7. The number of hydrogen-bond donors (Lipinski definition) is 1. The zero-order valence-corrected chi connectivity index (χ0v) is 13.7. The van der Waals surface area contributed by atoms with Gasteiger partial charge in [-0.25, -0.2) is 0 Å². The average Bonchev–Trinajstić information content (AvgIpc) is 3.02. The molecule has 1 amide bonds. The van der Waals surface area contributed by atoms with Gasteiger partial charge in [0, 0.05) is 23.1 Å². The van der Waals surface area contributed by atoms with Crippen LogP contribution in [0.2, 0.25) is 0 Å². The van der Waals surface area contributed by atoms with E-state index in [1.807, 2.05) is 72.8 Å². The van der Waals surface area contributed by atoms with Gasteiger partial charge in [-0.2, -0.15) is 0 Å². The molecule has 0 bridgehead atoms. The van der Waals surface area contributed by atoms with Gasteiger partial charge in [-0.3, -0.25) is 4.79 Å². The molecule has 3 aromatic carbocycles. The number of fused-ring (bicyclic) bond motifs is 1. The summed E-state index contributed by atoms with van der Waals surface area (Å²) in [7, 11) is 0. The van der Waals surface area contributed by atoms with Crippen molar-refractivity contribution in [3.8, 4) is 0 Å². The summed E-state index contributed by atoms with van der Waals surface area (Å²) in [5.74, 6) is -0.0988. The molecule has 0 unspecified atom stereocenters. The van der Waals surface area contributed by atoms with E-state index in [4.69, 9.17) is 0 Å². The molecule has 3 heteroatoms. The predicted octanol–water partition coefficient (Wildman–Crippen LogP) is 4.94. The Morgan fingerprint density at radius 1 is 0.800 bits per heavy atom. The molecule has 0 fully saturated rings. The molecular formula is C22H18N2O. The minimum Gasteiger partial charge on any atom is -0.332 e. The molecule has 1 N–H and O–H groups in total. The van der Waals surface area contributed by atoms with E-state index in [9.17, 15) is 4.79 Å². The molecule has 25 heavy (non-hydrogen) atoms. The highest BCUT2D eigenvalue weighted by atomic mass is 16.1. The van der Waals surface area contributed by atoms with Gasteiger partial charge >= 0.3 is 0 Å². The first kappa shape index (κ1) is 15.2. The molecular weight excluding hydrogens is 308 g/mol. The lowest BCUT2D eigenvalue weighted by atomic mass is 10.2. The van der Waals surface area contributed by atoms with Gasteiger partial charge < -0.3 is 9.88 Å². The molecule has 0 aliphatic carbocycles. The van der Waals surface area contributed by atoms with Gasteiger partial charge in [0.2, 0.25) is 0 Å². The van der Waals surface area contributed by atoms with Crippen molar-refractivity contribution >= 4 is 22.5 Å². The number of para-hydroxylation sites is 2. The SMILES string of the molecule is O=C(Nc1ccccc1)c1cc2ccccc2n1Cc1ccccc1. The predicted molar refractivity (Wildman–Crippen MR) is 102 cm³/mol. The number of aromatic nitrogens is 1. The fourth-order valence-corrected chi connectivity index (χ4v) is 3.05. The van der Waals surface area contributed by atoms with E-state index in [1.54, 1.807) is 0 Å². The van der Waals surface area contributed by atoms with Gasteiger partial charge in [-0.05, 0) is 29.8 Å². The fraction of sp³-hybridized carbons (Fsp3) is 0.0455. The number of nitrogens with one attached hydrogen (secondary N) is 1. The Balaban J connectivity index is 1.74. The van der Waals surface area contributed by atoms with Crippen molar-refractivity contribution in [1.82, 2.24) is 4.57 Å². The Hall–Kier alpha value is -3.33. The van der Waals surface area contributed by atoms with Crippen molar-refractivity contribution < 1.29 is 4.79 Å². The topological polar surface area (TPSA) is 34.0 Å². The lowest BCUT2D eigenvalue weighted by Crippen LogP contribution is -2.17. The van der Waals surface area contributed by atoms with Gasteiger partial charge in [0.05, 0.1) is 0 Å². The number of rotatable bonds is 4. The second-order valence-corrected chi connectivity index (χ2v) is 5.98. The molecule has 0 atom stereocenters. The molecule has 0 radical (unpaired) electrons. The molecule has 3 nitrogen and oxygen atoms in total. The molecule has 0 spiro atoms. The summed E-state index contributed by atoms with van der Waals surface area (Å²) in [6.45, 7) is 0.659. The quantitative estimate of drug-likeness (QED) is 0.566. The summed E-state index contributed by atoms with van der Waals surface area (Å²) in [4.78, 5) is 12.9. The van der Waals surface area contributed by atoms with E-state index in [0.29, 0.717) is 12.2 Å². The van der Waals surface area contributed by atoms with Crippen LogP contribution in [0.25, 0.3) is 10.9 Å². The van der Waals surface area contributed by atoms with E-state index in [0.717, 1.165) is 22.2 Å². The van der Waals surface area contributed by atoms with Crippen LogP contribution in [0.5, 0.6) is 0 Å². The summed E-state index contributed by atoms with van der Waals surface area (Å²) < 4.78 is 2.07. The maximum Gasteiger partial charge on any atom is 0.272 e. The lowest BCUT2D eigenvalue weighted by Gasteiger charge is -2.11. The van der Waals surface area contributed by atoms with E-state index < -0.39 is 0 Å². The summed E-state index contributed by atoms with van der Waals surface area (Å²) in [6.07, 6.45) is 0. The maximum absolute atomic E-state index is 12.9. The van der Waals surface area contributed by atoms with Crippen LogP contribution in [-0.4, -0.2) is 10.5 Å². The van der Waals surface area contributed by atoms with Gasteiger partial charge in [0.1, 0.15) is 5.69 Å². The van der Waals surface area contributed by atoms with Crippen LogP contribution in [0.1, 0.15) is 16.1 Å². The average molecular weight is 326 g/mol. The number of benzene rings is 3. The molecule has 0 aliphatic heterocycles. The Kier molecular flexibility index (Phi) is 4.05. The van der Waals surface area contributed by atoms with Crippen molar-refractivity contribution in [3.63, 3.8) is 0 Å². The largest absolute Gasteiger partial charge is 0.332 e. The first-order valence-electron chi connectivity index (χ1n) is 8.30. The van der Waals surface area contributed by atoms with Crippen LogP contribution in [0.3, 0.4) is 0 Å². The molecule has 122 valence electrons. The molecule has 4 rings (SSSR count). The standard InChI is InChI=1S/C22H18N2O/c25-22(23-19-12-5-2-6-13-19)21-15-18-11-7-8-14-20(18)24(21)16-17-9-3-1-4-10-17/h1-15H,16H2,(H,23,25). The highest BCUT2D eigenvalue weighted by molar-refractivity contribution is 6.06. The molecule has 1 heterocycles. The Labute approximate surface area is 146 Å². The summed E-state index contributed by atoms with van der Waals surface area (Å²) >= 11 is 0. The molecule has 0 saturated carbocycles. The van der Waals surface area contributed by atoms with Gasteiger partial charge in [-0.15, -0.1) is 0 Å². The fourth-order valence-electron chi connectivity index (χ4n) is 3.05. The number of hydrogen-bond acceptors (Lipinski definition) is 1. The van der Waals surface area contributed by atoms with Crippen molar-refractivity contribution in [2.75, 3.05) is 5.32 Å². The van der Waals surface area contributed by atoms with Crippen LogP contribution in [-0.2, 0) is 6.54 Å². The molecule has 4 aromatic rings. The van der Waals surface area contributed by atoms with Gasteiger partial charge in [0.15, 0.2) is 0 Å². The first-order valence-corrected chi connectivity index (χ1v) is 8.30. The minimum absolute atomic E-state index is 0.0988. The number of anilines is 1. The maximum atomic E-state index is 12.9. The summed E-state index contributed by atoms with van der Waals surface area (Å²) in [5.41, 5.74) is 3.68. The summed E-state index contributed by atoms with van der Waals surface area (Å²) in [6, 6.07) is 29.8. The number of amides is 1. The Bertz CT molecular complexity index is 1000. The van der Waals surface area contributed by atoms with Crippen LogP contribution < -0.4 is 5.32 Å². The Morgan fingerprint density at radius 3 is 2.20 bits per heavy atom. The number of nitrogens with zero attached hydrogens (tertiary/aromatic N) is 1. The third-order valence-electron chi connectivity index (χ3n) is 4.26. The van der Waals surface area contributed by atoms with Crippen molar-refractivity contribution in [2.24, 2.45) is 0 Å². The number of carbonyl (C=O) groups is 1. The third-order valence-corrected chi connectivity index (χ3v) is 4.26. The molecule has 1 aromatic heterocycles. The normalized spacial score (nSPS) is 10.7. The Morgan fingerprint density at radius 2 is 1.44 bits per heavy atom. The first-order chi connectivity index (χ1) is 12.3. The monoisotopic (exact) mass is 326 g/mol. The molecule has 0 saturated heterocycles. The highest BCUT2D eigenvalue weighted by Crippen LogP contribution is 2.22.